The number of urea groups is 1. The third-order valence-electron chi connectivity index (χ3n) is 6.00. The number of rotatable bonds is 4. The quantitative estimate of drug-likeness (QED) is 0.833. The van der Waals surface area contributed by atoms with Crippen molar-refractivity contribution in [2.45, 2.75) is 37.6 Å². The van der Waals surface area contributed by atoms with Gasteiger partial charge in [-0.25, -0.2) is 4.79 Å². The van der Waals surface area contributed by atoms with Crippen molar-refractivity contribution in [3.8, 4) is 0 Å². The van der Waals surface area contributed by atoms with Crippen LogP contribution in [0.3, 0.4) is 0 Å². The van der Waals surface area contributed by atoms with E-state index in [-0.39, 0.29) is 24.0 Å². The predicted molar refractivity (Wildman–Crippen MR) is 89.5 cm³/mol. The van der Waals surface area contributed by atoms with Gasteiger partial charge in [0.1, 0.15) is 0 Å². The number of carbonyl (C=O) groups excluding carboxylic acids is 2. The van der Waals surface area contributed by atoms with Crippen LogP contribution in [0.2, 0.25) is 0 Å². The molecule has 24 heavy (non-hydrogen) atoms. The fourth-order valence-corrected chi connectivity index (χ4v) is 4.70. The first-order valence-corrected chi connectivity index (χ1v) is 8.87. The van der Waals surface area contributed by atoms with Crippen LogP contribution in [0, 0.1) is 17.8 Å². The minimum absolute atomic E-state index is 0.0698. The van der Waals surface area contributed by atoms with Crippen molar-refractivity contribution in [1.29, 1.82) is 0 Å². The van der Waals surface area contributed by atoms with Crippen LogP contribution >= 0.6 is 0 Å². The Morgan fingerprint density at radius 1 is 1.25 bits per heavy atom. The number of ether oxygens (including phenoxy) is 1. The van der Waals surface area contributed by atoms with E-state index in [2.05, 4.69) is 34.9 Å². The van der Waals surface area contributed by atoms with E-state index in [1.165, 1.54) is 18.2 Å². The first-order valence-electron chi connectivity index (χ1n) is 8.87. The summed E-state index contributed by atoms with van der Waals surface area (Å²) in [7, 11) is 1.42. The molecule has 5 atom stereocenters. The number of carbonyl (C=O) groups is 2. The highest BCUT2D eigenvalue weighted by molar-refractivity contribution is 5.75. The molecule has 2 amide bonds. The number of hydrogen-bond acceptors (Lipinski definition) is 3. The van der Waals surface area contributed by atoms with Gasteiger partial charge in [-0.15, -0.1) is 0 Å². The third-order valence-corrected chi connectivity index (χ3v) is 6.00. The van der Waals surface area contributed by atoms with Crippen molar-refractivity contribution < 1.29 is 14.3 Å². The Morgan fingerprint density at radius 2 is 2.08 bits per heavy atom. The van der Waals surface area contributed by atoms with E-state index in [9.17, 15) is 9.59 Å². The molecular formula is C19H24N2O3. The Kier molecular flexibility index (Phi) is 3.94. The Hall–Kier alpha value is -2.04. The topological polar surface area (TPSA) is 67.4 Å². The highest BCUT2D eigenvalue weighted by atomic mass is 16.5. The summed E-state index contributed by atoms with van der Waals surface area (Å²) in [6.45, 7) is 0.739. The molecule has 0 unspecified atom stereocenters. The van der Waals surface area contributed by atoms with Crippen LogP contribution in [0.5, 0.6) is 0 Å². The molecule has 4 rings (SSSR count). The van der Waals surface area contributed by atoms with E-state index in [1.807, 2.05) is 0 Å². The average Bonchev–Trinajstić information content (AvgIpc) is 2.94. The van der Waals surface area contributed by atoms with Crippen LogP contribution in [0.1, 0.15) is 36.3 Å². The van der Waals surface area contributed by atoms with Crippen molar-refractivity contribution in [3.63, 3.8) is 0 Å². The summed E-state index contributed by atoms with van der Waals surface area (Å²) in [6.07, 6.45) is 3.47. The minimum Gasteiger partial charge on any atom is -0.469 e. The van der Waals surface area contributed by atoms with Gasteiger partial charge >= 0.3 is 12.0 Å². The Morgan fingerprint density at radius 3 is 2.92 bits per heavy atom. The molecule has 5 heteroatoms. The highest BCUT2D eigenvalue weighted by Crippen LogP contribution is 2.60. The third kappa shape index (κ3) is 2.76. The second-order valence-corrected chi connectivity index (χ2v) is 7.34. The zero-order valence-corrected chi connectivity index (χ0v) is 14.0. The van der Waals surface area contributed by atoms with Crippen LogP contribution in [0.25, 0.3) is 0 Å². The smallest absolute Gasteiger partial charge is 0.315 e. The van der Waals surface area contributed by atoms with Crippen LogP contribution < -0.4 is 10.6 Å². The molecule has 0 aliphatic heterocycles. The molecule has 0 radical (unpaired) electrons. The number of methoxy groups -OCH3 is 1. The average molecular weight is 328 g/mol. The summed E-state index contributed by atoms with van der Waals surface area (Å²) < 4.78 is 4.78. The Bertz CT molecular complexity index is 660. The van der Waals surface area contributed by atoms with E-state index in [0.717, 1.165) is 25.8 Å². The Balaban J connectivity index is 1.21. The molecule has 2 fully saturated rings. The molecule has 3 aliphatic carbocycles. The first kappa shape index (κ1) is 15.5. The van der Waals surface area contributed by atoms with Crippen molar-refractivity contribution in [3.05, 3.63) is 35.4 Å². The second kappa shape index (κ2) is 6.11. The van der Waals surface area contributed by atoms with Gasteiger partial charge in [-0.3, -0.25) is 4.79 Å². The molecule has 0 heterocycles. The molecule has 0 bridgehead atoms. The summed E-state index contributed by atoms with van der Waals surface area (Å²) in [5.74, 6) is 1.69. The molecule has 3 aliphatic rings. The van der Waals surface area contributed by atoms with E-state index >= 15 is 0 Å². The van der Waals surface area contributed by atoms with Crippen LogP contribution in [0.15, 0.2) is 24.3 Å². The zero-order chi connectivity index (χ0) is 16.7. The van der Waals surface area contributed by atoms with Crippen LogP contribution in [-0.4, -0.2) is 31.7 Å². The fourth-order valence-electron chi connectivity index (χ4n) is 4.70. The molecule has 0 aromatic heterocycles. The van der Waals surface area contributed by atoms with Crippen molar-refractivity contribution in [1.82, 2.24) is 10.6 Å². The summed E-state index contributed by atoms with van der Waals surface area (Å²) >= 11 is 0. The largest absolute Gasteiger partial charge is 0.469 e. The van der Waals surface area contributed by atoms with Crippen LogP contribution in [-0.2, 0) is 16.0 Å². The zero-order valence-electron chi connectivity index (χ0n) is 14.0. The molecule has 1 aromatic rings. The number of amides is 2. The lowest BCUT2D eigenvalue weighted by Gasteiger charge is -2.14. The number of esters is 1. The second-order valence-electron chi connectivity index (χ2n) is 7.34. The van der Waals surface area contributed by atoms with E-state index in [1.54, 1.807) is 0 Å². The summed E-state index contributed by atoms with van der Waals surface area (Å²) in [6, 6.07) is 8.63. The molecule has 1 aromatic carbocycles. The van der Waals surface area contributed by atoms with E-state index in [0.29, 0.717) is 24.2 Å². The van der Waals surface area contributed by atoms with Crippen molar-refractivity contribution in [2.24, 2.45) is 17.8 Å². The summed E-state index contributed by atoms with van der Waals surface area (Å²) in [4.78, 5) is 23.6. The molecule has 2 saturated carbocycles. The molecule has 0 spiro atoms. The molecular weight excluding hydrogens is 304 g/mol. The van der Waals surface area contributed by atoms with Gasteiger partial charge in [0.05, 0.1) is 13.0 Å². The molecule has 0 saturated heterocycles. The monoisotopic (exact) mass is 328 g/mol. The minimum atomic E-state index is -0.163. The lowest BCUT2D eigenvalue weighted by atomic mass is 10.0. The maximum Gasteiger partial charge on any atom is 0.315 e. The van der Waals surface area contributed by atoms with Gasteiger partial charge in [0.15, 0.2) is 0 Å². The van der Waals surface area contributed by atoms with E-state index < -0.39 is 0 Å². The van der Waals surface area contributed by atoms with Crippen molar-refractivity contribution in [2.75, 3.05) is 13.7 Å². The lowest BCUT2D eigenvalue weighted by Crippen LogP contribution is -2.42. The number of nitrogens with one attached hydrogen (secondary N) is 2. The lowest BCUT2D eigenvalue weighted by molar-refractivity contribution is -0.145. The fraction of sp³-hybridized carbons (Fsp3) is 0.579. The van der Waals surface area contributed by atoms with Gasteiger partial charge in [0.25, 0.3) is 0 Å². The van der Waals surface area contributed by atoms with Crippen LogP contribution in [0.4, 0.5) is 4.79 Å². The molecule has 5 nitrogen and oxygen atoms in total. The van der Waals surface area contributed by atoms with Gasteiger partial charge in [0.2, 0.25) is 0 Å². The molecule has 128 valence electrons. The summed E-state index contributed by atoms with van der Waals surface area (Å²) in [5.41, 5.74) is 2.96. The maximum absolute atomic E-state index is 12.1. The van der Waals surface area contributed by atoms with Crippen molar-refractivity contribution >= 4 is 12.0 Å². The maximum atomic E-state index is 12.1. The number of fused-ring (bicyclic) bond motifs is 3. The summed E-state index contributed by atoms with van der Waals surface area (Å²) in [5, 5.41) is 6.02. The number of hydrogen-bond donors (Lipinski definition) is 2. The molecule has 2 N–H and O–H groups in total. The predicted octanol–water partition coefficient (Wildman–Crippen LogP) is 2.21. The standard InChI is InChI=1S/C19H24N2O3/c1-24-18(22)12-6-7-13(8-12)21-19(23)20-10-16-15-9-11-4-2-3-5-14(11)17(15)16/h2-5,12-13,15-17H,6-10H2,1H3,(H2,20,21,23)/t12-,13+,15-,16+,17+/m0/s1. The first-order chi connectivity index (χ1) is 11.7. The van der Waals surface area contributed by atoms with Gasteiger partial charge in [0, 0.05) is 12.6 Å². The van der Waals surface area contributed by atoms with Gasteiger partial charge in [-0.1, -0.05) is 24.3 Å². The Labute approximate surface area is 142 Å². The van der Waals surface area contributed by atoms with Gasteiger partial charge in [-0.2, -0.15) is 0 Å². The highest BCUT2D eigenvalue weighted by Gasteiger charge is 2.55. The van der Waals surface area contributed by atoms with Gasteiger partial charge in [-0.05, 0) is 54.6 Å². The van der Waals surface area contributed by atoms with E-state index in [4.69, 9.17) is 4.74 Å². The normalized spacial score (nSPS) is 32.6. The van der Waals surface area contributed by atoms with Gasteiger partial charge < -0.3 is 15.4 Å². The SMILES string of the molecule is COC(=O)[C@H]1CC[C@@H](NC(=O)NC[C@@H]2[C@@H]3Cc4ccccc4[C@@H]23)C1. The number of benzene rings is 1.